The molecule has 1 saturated heterocycles. The molecule has 1 aromatic carbocycles. The first-order chi connectivity index (χ1) is 9.34. The summed E-state index contributed by atoms with van der Waals surface area (Å²) in [5, 5.41) is 13.9. The molecule has 0 radical (unpaired) electrons. The highest BCUT2D eigenvalue weighted by molar-refractivity contribution is 5.88. The lowest BCUT2D eigenvalue weighted by molar-refractivity contribution is 0.274. The van der Waals surface area contributed by atoms with Crippen molar-refractivity contribution in [2.75, 3.05) is 19.7 Å². The maximum Gasteiger partial charge on any atom is 0.241 e. The van der Waals surface area contributed by atoms with Crippen LogP contribution in [0.25, 0.3) is 10.8 Å². The van der Waals surface area contributed by atoms with Gasteiger partial charge in [-0.15, -0.1) is 5.10 Å². The highest BCUT2D eigenvalue weighted by Gasteiger charge is 2.14. The summed E-state index contributed by atoms with van der Waals surface area (Å²) < 4.78 is 5.83. The first-order valence-corrected chi connectivity index (χ1v) is 6.90. The van der Waals surface area contributed by atoms with Crippen molar-refractivity contribution in [2.45, 2.75) is 19.8 Å². The third-order valence-corrected chi connectivity index (χ3v) is 3.77. The van der Waals surface area contributed by atoms with Gasteiger partial charge in [0.05, 0.1) is 12.3 Å². The fourth-order valence-electron chi connectivity index (χ4n) is 2.60. The van der Waals surface area contributed by atoms with Crippen LogP contribution < -0.4 is 10.1 Å². The predicted molar refractivity (Wildman–Crippen MR) is 75.4 cm³/mol. The first kappa shape index (κ1) is 12.4. The largest absolute Gasteiger partial charge is 0.476 e. The topological polar surface area (TPSA) is 47.0 Å². The van der Waals surface area contributed by atoms with Crippen molar-refractivity contribution in [1.82, 2.24) is 15.5 Å². The van der Waals surface area contributed by atoms with E-state index >= 15 is 0 Å². The van der Waals surface area contributed by atoms with Crippen LogP contribution in [0.4, 0.5) is 0 Å². The minimum absolute atomic E-state index is 0.659. The van der Waals surface area contributed by atoms with Gasteiger partial charge in [0.1, 0.15) is 0 Å². The molecule has 19 heavy (non-hydrogen) atoms. The Labute approximate surface area is 113 Å². The van der Waals surface area contributed by atoms with Crippen molar-refractivity contribution in [3.05, 3.63) is 30.0 Å². The van der Waals surface area contributed by atoms with E-state index < -0.39 is 0 Å². The Balaban J connectivity index is 1.72. The maximum absolute atomic E-state index is 5.83. The quantitative estimate of drug-likeness (QED) is 0.913. The van der Waals surface area contributed by atoms with Gasteiger partial charge >= 0.3 is 0 Å². The number of ether oxygens (including phenoxy) is 1. The molecule has 1 aromatic heterocycles. The van der Waals surface area contributed by atoms with Crippen molar-refractivity contribution in [2.24, 2.45) is 5.92 Å². The molecule has 2 aromatic rings. The van der Waals surface area contributed by atoms with Crippen LogP contribution in [0.15, 0.2) is 24.3 Å². The molecule has 0 saturated carbocycles. The van der Waals surface area contributed by atoms with Gasteiger partial charge in [0, 0.05) is 10.8 Å². The van der Waals surface area contributed by atoms with Crippen LogP contribution in [0.5, 0.6) is 5.88 Å². The van der Waals surface area contributed by atoms with E-state index in [1.807, 2.05) is 25.1 Å². The van der Waals surface area contributed by atoms with E-state index in [0.717, 1.165) is 41.9 Å². The lowest BCUT2D eigenvalue weighted by atomic mass is 10.1. The summed E-state index contributed by atoms with van der Waals surface area (Å²) in [4.78, 5) is 0. The molecule has 0 aliphatic carbocycles. The van der Waals surface area contributed by atoms with Gasteiger partial charge in [-0.1, -0.05) is 18.2 Å². The van der Waals surface area contributed by atoms with Crippen molar-refractivity contribution in [3.8, 4) is 5.88 Å². The van der Waals surface area contributed by atoms with Crippen LogP contribution in [-0.4, -0.2) is 29.9 Å². The lowest BCUT2D eigenvalue weighted by Gasteiger charge is -2.11. The van der Waals surface area contributed by atoms with E-state index in [9.17, 15) is 0 Å². The fraction of sp³-hybridized carbons (Fsp3) is 0.467. The first-order valence-electron chi connectivity index (χ1n) is 6.90. The minimum atomic E-state index is 0.659. The number of hydrogen-bond donors (Lipinski definition) is 1. The molecule has 4 nitrogen and oxygen atoms in total. The van der Waals surface area contributed by atoms with Crippen LogP contribution in [0.2, 0.25) is 0 Å². The SMILES string of the molecule is Cc1nnc(OCCC2CCNC2)c2ccccc12. The average molecular weight is 257 g/mol. The molecule has 0 spiro atoms. The normalized spacial score (nSPS) is 18.9. The Hall–Kier alpha value is -1.68. The number of aryl methyl sites for hydroxylation is 1. The maximum atomic E-state index is 5.83. The summed E-state index contributed by atoms with van der Waals surface area (Å²) in [7, 11) is 0. The van der Waals surface area contributed by atoms with Crippen LogP contribution in [0.1, 0.15) is 18.5 Å². The number of rotatable bonds is 4. The number of aromatic nitrogens is 2. The van der Waals surface area contributed by atoms with Gasteiger partial charge in [0.25, 0.3) is 0 Å². The lowest BCUT2D eigenvalue weighted by Crippen LogP contribution is -2.12. The summed E-state index contributed by atoms with van der Waals surface area (Å²) in [6.07, 6.45) is 2.33. The summed E-state index contributed by atoms with van der Waals surface area (Å²) in [5.41, 5.74) is 0.947. The standard InChI is InChI=1S/C15H19N3O/c1-11-13-4-2-3-5-14(13)15(18-17-11)19-9-7-12-6-8-16-10-12/h2-5,12,16H,6-10H2,1H3. The Morgan fingerprint density at radius 2 is 2.11 bits per heavy atom. The second kappa shape index (κ2) is 5.53. The number of hydrogen-bond acceptors (Lipinski definition) is 4. The zero-order valence-electron chi connectivity index (χ0n) is 11.2. The Morgan fingerprint density at radius 3 is 2.89 bits per heavy atom. The highest BCUT2D eigenvalue weighted by atomic mass is 16.5. The summed E-state index contributed by atoms with van der Waals surface area (Å²) in [6, 6.07) is 8.14. The second-order valence-electron chi connectivity index (χ2n) is 5.13. The zero-order valence-corrected chi connectivity index (χ0v) is 11.2. The van der Waals surface area contributed by atoms with Crippen molar-refractivity contribution in [1.29, 1.82) is 0 Å². The van der Waals surface area contributed by atoms with Gasteiger partial charge in [-0.3, -0.25) is 0 Å². The zero-order chi connectivity index (χ0) is 13.1. The fourth-order valence-corrected chi connectivity index (χ4v) is 2.60. The van der Waals surface area contributed by atoms with Gasteiger partial charge in [-0.25, -0.2) is 0 Å². The molecule has 1 aliphatic rings. The summed E-state index contributed by atoms with van der Waals surface area (Å²) in [5.74, 6) is 1.40. The highest BCUT2D eigenvalue weighted by Crippen LogP contribution is 2.24. The molecule has 4 heteroatoms. The number of fused-ring (bicyclic) bond motifs is 1. The third kappa shape index (κ3) is 2.68. The third-order valence-electron chi connectivity index (χ3n) is 3.77. The molecule has 2 heterocycles. The van der Waals surface area contributed by atoms with Crippen LogP contribution in [0.3, 0.4) is 0 Å². The van der Waals surface area contributed by atoms with Crippen molar-refractivity contribution in [3.63, 3.8) is 0 Å². The van der Waals surface area contributed by atoms with Crippen LogP contribution >= 0.6 is 0 Å². The summed E-state index contributed by atoms with van der Waals surface area (Å²) >= 11 is 0. The van der Waals surface area contributed by atoms with Crippen molar-refractivity contribution >= 4 is 10.8 Å². The molecule has 3 rings (SSSR count). The number of nitrogens with one attached hydrogen (secondary N) is 1. The van der Waals surface area contributed by atoms with Gasteiger partial charge in [0.2, 0.25) is 5.88 Å². The molecule has 1 atom stereocenters. The molecule has 100 valence electrons. The van der Waals surface area contributed by atoms with Gasteiger partial charge in [-0.2, -0.15) is 5.10 Å². The van der Waals surface area contributed by atoms with E-state index in [-0.39, 0.29) is 0 Å². The molecule has 1 N–H and O–H groups in total. The molecule has 0 bridgehead atoms. The minimum Gasteiger partial charge on any atom is -0.476 e. The molecule has 0 amide bonds. The van der Waals surface area contributed by atoms with Crippen molar-refractivity contribution < 1.29 is 4.74 Å². The molecular weight excluding hydrogens is 238 g/mol. The second-order valence-corrected chi connectivity index (χ2v) is 5.13. The number of nitrogens with zero attached hydrogens (tertiary/aromatic N) is 2. The molecule has 1 fully saturated rings. The van der Waals surface area contributed by atoms with Gasteiger partial charge in [-0.05, 0) is 44.8 Å². The average Bonchev–Trinajstić information content (AvgIpc) is 2.95. The molecule has 1 unspecified atom stereocenters. The van der Waals surface area contributed by atoms with Crippen LogP contribution in [0, 0.1) is 12.8 Å². The molecule has 1 aliphatic heterocycles. The van der Waals surface area contributed by atoms with E-state index in [2.05, 4.69) is 21.6 Å². The van der Waals surface area contributed by atoms with E-state index in [0.29, 0.717) is 12.5 Å². The number of benzene rings is 1. The molecular formula is C15H19N3O. The Kier molecular flexibility index (Phi) is 3.60. The van der Waals surface area contributed by atoms with Gasteiger partial charge < -0.3 is 10.1 Å². The predicted octanol–water partition coefficient (Wildman–Crippen LogP) is 2.32. The Bertz CT molecular complexity index is 564. The van der Waals surface area contributed by atoms with E-state index in [1.165, 1.54) is 6.42 Å². The van der Waals surface area contributed by atoms with Crippen LogP contribution in [-0.2, 0) is 0 Å². The summed E-state index contributed by atoms with van der Waals surface area (Å²) in [6.45, 7) is 4.94. The van der Waals surface area contributed by atoms with E-state index in [1.54, 1.807) is 0 Å². The Morgan fingerprint density at radius 1 is 1.26 bits per heavy atom. The van der Waals surface area contributed by atoms with Gasteiger partial charge in [0.15, 0.2) is 0 Å². The monoisotopic (exact) mass is 257 g/mol. The van der Waals surface area contributed by atoms with E-state index in [4.69, 9.17) is 4.74 Å². The smallest absolute Gasteiger partial charge is 0.241 e.